The third-order valence-corrected chi connectivity index (χ3v) is 3.19. The third kappa shape index (κ3) is 2.60. The second-order valence-electron chi connectivity index (χ2n) is 5.18. The van der Waals surface area contributed by atoms with E-state index < -0.39 is 0 Å². The van der Waals surface area contributed by atoms with Gasteiger partial charge in [0.1, 0.15) is 0 Å². The summed E-state index contributed by atoms with van der Waals surface area (Å²) < 4.78 is 0. The topological polar surface area (TPSA) is 0 Å². The average Bonchev–Trinajstić information content (AvgIpc) is 2.15. The predicted octanol–water partition coefficient (Wildman–Crippen LogP) is 4.40. The lowest BCUT2D eigenvalue weighted by Crippen LogP contribution is -2.15. The van der Waals surface area contributed by atoms with Gasteiger partial charge in [-0.05, 0) is 28.9 Å². The second-order valence-corrected chi connectivity index (χ2v) is 5.18. The Hall–Kier alpha value is -0.780. The minimum Gasteiger partial charge on any atom is -0.0613 e. The minimum absolute atomic E-state index is 0.355. The summed E-state index contributed by atoms with van der Waals surface area (Å²) in [6.45, 7) is 11.4. The van der Waals surface area contributed by atoms with Crippen molar-refractivity contribution >= 4 is 0 Å². The quantitative estimate of drug-likeness (QED) is 0.648. The lowest BCUT2D eigenvalue weighted by molar-refractivity contribution is 0.339. The first kappa shape index (κ1) is 11.3. The molecular formula is C14H22. The molecule has 0 aliphatic rings. The highest BCUT2D eigenvalue weighted by Crippen LogP contribution is 2.34. The zero-order valence-electron chi connectivity index (χ0n) is 10.1. The first-order chi connectivity index (χ1) is 6.45. The molecule has 1 unspecified atom stereocenters. The van der Waals surface area contributed by atoms with E-state index in [0.29, 0.717) is 11.3 Å². The molecule has 0 aliphatic heterocycles. The van der Waals surface area contributed by atoms with Crippen molar-refractivity contribution in [2.75, 3.05) is 0 Å². The maximum atomic E-state index is 2.31. The highest BCUT2D eigenvalue weighted by molar-refractivity contribution is 5.26. The van der Waals surface area contributed by atoms with Crippen molar-refractivity contribution in [3.8, 4) is 0 Å². The van der Waals surface area contributed by atoms with E-state index in [9.17, 15) is 0 Å². The van der Waals surface area contributed by atoms with Crippen LogP contribution in [-0.2, 0) is 6.42 Å². The van der Waals surface area contributed by atoms with E-state index in [0.717, 1.165) is 6.42 Å². The molecule has 0 bridgehead atoms. The molecule has 0 saturated heterocycles. The van der Waals surface area contributed by atoms with E-state index in [1.807, 2.05) is 0 Å². The SMILES string of the molecule is CCc1ccc(C(C)C(C)(C)C)cc1. The standard InChI is InChI=1S/C14H22/c1-6-12-7-9-13(10-8-12)11(2)14(3,4)5/h7-11H,6H2,1-5H3. The molecule has 0 amide bonds. The fourth-order valence-corrected chi connectivity index (χ4v) is 1.54. The molecule has 0 saturated carbocycles. The van der Waals surface area contributed by atoms with Crippen molar-refractivity contribution in [1.82, 2.24) is 0 Å². The van der Waals surface area contributed by atoms with Crippen molar-refractivity contribution in [2.45, 2.75) is 47.0 Å². The number of hydrogen-bond donors (Lipinski definition) is 0. The summed E-state index contributed by atoms with van der Waals surface area (Å²) in [7, 11) is 0. The Labute approximate surface area is 88.4 Å². The Balaban J connectivity index is 2.87. The monoisotopic (exact) mass is 190 g/mol. The number of aryl methyl sites for hydroxylation is 1. The van der Waals surface area contributed by atoms with E-state index >= 15 is 0 Å². The Morgan fingerprint density at radius 1 is 1.07 bits per heavy atom. The first-order valence-corrected chi connectivity index (χ1v) is 5.54. The van der Waals surface area contributed by atoms with Gasteiger partial charge in [0, 0.05) is 0 Å². The molecule has 0 fully saturated rings. The van der Waals surface area contributed by atoms with Crippen LogP contribution in [-0.4, -0.2) is 0 Å². The van der Waals surface area contributed by atoms with Gasteiger partial charge in [-0.1, -0.05) is 58.9 Å². The number of rotatable bonds is 2. The summed E-state index contributed by atoms with van der Waals surface area (Å²) >= 11 is 0. The fraction of sp³-hybridized carbons (Fsp3) is 0.571. The molecule has 0 N–H and O–H groups in total. The number of benzene rings is 1. The average molecular weight is 190 g/mol. The normalized spacial score (nSPS) is 14.1. The largest absolute Gasteiger partial charge is 0.0613 e. The molecule has 0 radical (unpaired) electrons. The van der Waals surface area contributed by atoms with Crippen molar-refractivity contribution in [3.63, 3.8) is 0 Å². The van der Waals surface area contributed by atoms with Crippen LogP contribution in [0.4, 0.5) is 0 Å². The first-order valence-electron chi connectivity index (χ1n) is 5.54. The maximum Gasteiger partial charge on any atom is -0.0142 e. The summed E-state index contributed by atoms with van der Waals surface area (Å²) in [5.41, 5.74) is 3.23. The third-order valence-electron chi connectivity index (χ3n) is 3.19. The molecule has 0 aliphatic carbocycles. The van der Waals surface area contributed by atoms with Crippen LogP contribution in [0.25, 0.3) is 0 Å². The van der Waals surface area contributed by atoms with E-state index in [2.05, 4.69) is 58.9 Å². The van der Waals surface area contributed by atoms with Crippen LogP contribution >= 0.6 is 0 Å². The molecule has 1 aromatic rings. The van der Waals surface area contributed by atoms with Gasteiger partial charge in [0.05, 0.1) is 0 Å². The van der Waals surface area contributed by atoms with E-state index in [1.165, 1.54) is 11.1 Å². The number of hydrogen-bond acceptors (Lipinski definition) is 0. The Bertz CT molecular complexity index is 274. The lowest BCUT2D eigenvalue weighted by Gasteiger charge is -2.27. The molecule has 0 aromatic heterocycles. The minimum atomic E-state index is 0.355. The molecule has 0 heteroatoms. The summed E-state index contributed by atoms with van der Waals surface area (Å²) in [6.07, 6.45) is 1.13. The fourth-order valence-electron chi connectivity index (χ4n) is 1.54. The van der Waals surface area contributed by atoms with Crippen LogP contribution in [0.1, 0.15) is 51.7 Å². The second kappa shape index (κ2) is 4.16. The summed E-state index contributed by atoms with van der Waals surface area (Å²) in [5.74, 6) is 0.619. The van der Waals surface area contributed by atoms with E-state index in [1.54, 1.807) is 0 Å². The molecule has 1 aromatic carbocycles. The van der Waals surface area contributed by atoms with Gasteiger partial charge in [-0.25, -0.2) is 0 Å². The Kier molecular flexibility index (Phi) is 3.36. The van der Waals surface area contributed by atoms with Crippen LogP contribution < -0.4 is 0 Å². The highest BCUT2D eigenvalue weighted by atomic mass is 14.3. The van der Waals surface area contributed by atoms with Gasteiger partial charge < -0.3 is 0 Å². The molecule has 0 nitrogen and oxygen atoms in total. The van der Waals surface area contributed by atoms with Crippen molar-refractivity contribution in [3.05, 3.63) is 35.4 Å². The van der Waals surface area contributed by atoms with Gasteiger partial charge in [-0.2, -0.15) is 0 Å². The zero-order chi connectivity index (χ0) is 10.8. The van der Waals surface area contributed by atoms with Crippen LogP contribution in [0, 0.1) is 5.41 Å². The lowest BCUT2D eigenvalue weighted by atomic mass is 9.78. The van der Waals surface area contributed by atoms with Gasteiger partial charge in [0.25, 0.3) is 0 Å². The van der Waals surface area contributed by atoms with Crippen molar-refractivity contribution < 1.29 is 0 Å². The van der Waals surface area contributed by atoms with E-state index in [-0.39, 0.29) is 0 Å². The van der Waals surface area contributed by atoms with Gasteiger partial charge >= 0.3 is 0 Å². The summed E-state index contributed by atoms with van der Waals surface area (Å²) in [6, 6.07) is 9.04. The molecule has 0 spiro atoms. The van der Waals surface area contributed by atoms with Gasteiger partial charge in [0.2, 0.25) is 0 Å². The van der Waals surface area contributed by atoms with E-state index in [4.69, 9.17) is 0 Å². The van der Waals surface area contributed by atoms with Gasteiger partial charge in [0.15, 0.2) is 0 Å². The van der Waals surface area contributed by atoms with Crippen molar-refractivity contribution in [2.24, 2.45) is 5.41 Å². The molecular weight excluding hydrogens is 168 g/mol. The Morgan fingerprint density at radius 2 is 1.57 bits per heavy atom. The molecule has 1 atom stereocenters. The molecule has 78 valence electrons. The van der Waals surface area contributed by atoms with Crippen LogP contribution in [0.3, 0.4) is 0 Å². The maximum absolute atomic E-state index is 2.31. The zero-order valence-corrected chi connectivity index (χ0v) is 10.1. The molecule has 14 heavy (non-hydrogen) atoms. The van der Waals surface area contributed by atoms with Gasteiger partial charge in [-0.3, -0.25) is 0 Å². The van der Waals surface area contributed by atoms with Crippen LogP contribution in [0.5, 0.6) is 0 Å². The van der Waals surface area contributed by atoms with Gasteiger partial charge in [-0.15, -0.1) is 0 Å². The van der Waals surface area contributed by atoms with Crippen molar-refractivity contribution in [1.29, 1.82) is 0 Å². The Morgan fingerprint density at radius 3 is 1.93 bits per heavy atom. The predicted molar refractivity (Wildman–Crippen MR) is 63.7 cm³/mol. The smallest absolute Gasteiger partial charge is 0.0142 e. The van der Waals surface area contributed by atoms with Crippen LogP contribution in [0.2, 0.25) is 0 Å². The summed E-state index contributed by atoms with van der Waals surface area (Å²) in [4.78, 5) is 0. The molecule has 0 heterocycles. The highest BCUT2D eigenvalue weighted by Gasteiger charge is 2.21. The summed E-state index contributed by atoms with van der Waals surface area (Å²) in [5, 5.41) is 0. The molecule has 1 rings (SSSR count). The van der Waals surface area contributed by atoms with Crippen LogP contribution in [0.15, 0.2) is 24.3 Å².